The summed E-state index contributed by atoms with van der Waals surface area (Å²) in [5, 5.41) is 3.49. The van der Waals surface area contributed by atoms with Gasteiger partial charge in [-0.15, -0.1) is 11.3 Å². The Bertz CT molecular complexity index is 868. The minimum atomic E-state index is -0.115. The number of rotatable bonds is 5. The Hall–Kier alpha value is -1.82. The quantitative estimate of drug-likeness (QED) is 0.632. The van der Waals surface area contributed by atoms with Crippen molar-refractivity contribution in [3.63, 3.8) is 0 Å². The average molecular weight is 376 g/mol. The lowest BCUT2D eigenvalue weighted by atomic mass is 10.2. The molecule has 3 heterocycles. The number of fused-ring (bicyclic) bond motifs is 1. The molecule has 3 aromatic rings. The van der Waals surface area contributed by atoms with Crippen LogP contribution in [0.5, 0.6) is 0 Å². The highest BCUT2D eigenvalue weighted by Gasteiger charge is 2.26. The molecule has 25 heavy (non-hydrogen) atoms. The molecular weight excluding hydrogens is 358 g/mol. The van der Waals surface area contributed by atoms with Crippen molar-refractivity contribution in [2.24, 2.45) is 0 Å². The molecule has 1 amide bonds. The van der Waals surface area contributed by atoms with Gasteiger partial charge in [-0.3, -0.25) is 4.79 Å². The molecule has 1 atom stereocenters. The molecule has 0 radical (unpaired) electrons. The minimum Gasteiger partial charge on any atom is -0.451 e. The lowest BCUT2D eigenvalue weighted by Gasteiger charge is -2.24. The zero-order valence-electron chi connectivity index (χ0n) is 13.6. The van der Waals surface area contributed by atoms with Gasteiger partial charge in [0, 0.05) is 28.4 Å². The van der Waals surface area contributed by atoms with Gasteiger partial charge in [0.2, 0.25) is 0 Å². The van der Waals surface area contributed by atoms with Gasteiger partial charge in [-0.05, 0) is 48.6 Å². The van der Waals surface area contributed by atoms with Crippen molar-refractivity contribution in [3.05, 3.63) is 57.4 Å². The number of halogens is 1. The van der Waals surface area contributed by atoms with Crippen LogP contribution in [0, 0.1) is 0 Å². The first kappa shape index (κ1) is 16.6. The third-order valence-corrected chi connectivity index (χ3v) is 5.45. The first-order valence-electron chi connectivity index (χ1n) is 8.31. The SMILES string of the molecule is O=C(c1cc2cc(Cl)ccc2o1)N(Cc1cccs1)CC1CCCO1. The van der Waals surface area contributed by atoms with Crippen LogP contribution in [0.2, 0.25) is 5.02 Å². The molecule has 1 unspecified atom stereocenters. The molecule has 1 fully saturated rings. The van der Waals surface area contributed by atoms with Gasteiger partial charge < -0.3 is 14.1 Å². The molecule has 0 saturated carbocycles. The van der Waals surface area contributed by atoms with E-state index in [1.807, 2.05) is 22.4 Å². The highest BCUT2D eigenvalue weighted by Crippen LogP contribution is 2.25. The Balaban J connectivity index is 1.60. The minimum absolute atomic E-state index is 0.0998. The first-order chi connectivity index (χ1) is 12.2. The van der Waals surface area contributed by atoms with Gasteiger partial charge >= 0.3 is 0 Å². The van der Waals surface area contributed by atoms with E-state index < -0.39 is 0 Å². The average Bonchev–Trinajstić information content (AvgIpc) is 3.34. The van der Waals surface area contributed by atoms with Crippen LogP contribution in [0.3, 0.4) is 0 Å². The van der Waals surface area contributed by atoms with Gasteiger partial charge in [0.05, 0.1) is 12.6 Å². The van der Waals surface area contributed by atoms with E-state index in [0.29, 0.717) is 29.5 Å². The Morgan fingerprint density at radius 3 is 3.00 bits per heavy atom. The van der Waals surface area contributed by atoms with Crippen molar-refractivity contribution in [1.29, 1.82) is 0 Å². The summed E-state index contributed by atoms with van der Waals surface area (Å²) in [5.74, 6) is 0.225. The maximum atomic E-state index is 13.1. The van der Waals surface area contributed by atoms with Crippen molar-refractivity contribution < 1.29 is 13.9 Å². The molecule has 4 rings (SSSR count). The van der Waals surface area contributed by atoms with Crippen LogP contribution in [-0.2, 0) is 11.3 Å². The number of hydrogen-bond donors (Lipinski definition) is 0. The molecule has 0 N–H and O–H groups in total. The Labute approximate surface area is 154 Å². The summed E-state index contributed by atoms with van der Waals surface area (Å²) in [5.41, 5.74) is 0.668. The van der Waals surface area contributed by atoms with E-state index in [4.69, 9.17) is 20.8 Å². The van der Waals surface area contributed by atoms with E-state index in [1.54, 1.807) is 35.6 Å². The van der Waals surface area contributed by atoms with Crippen molar-refractivity contribution in [1.82, 2.24) is 4.90 Å². The van der Waals surface area contributed by atoms with Crippen LogP contribution >= 0.6 is 22.9 Å². The van der Waals surface area contributed by atoms with Crippen molar-refractivity contribution >= 4 is 39.8 Å². The molecule has 1 saturated heterocycles. The third-order valence-electron chi connectivity index (χ3n) is 4.35. The maximum absolute atomic E-state index is 13.1. The molecule has 6 heteroatoms. The number of amides is 1. The Morgan fingerprint density at radius 2 is 2.24 bits per heavy atom. The molecule has 4 nitrogen and oxygen atoms in total. The monoisotopic (exact) mass is 375 g/mol. The zero-order valence-corrected chi connectivity index (χ0v) is 15.2. The summed E-state index contributed by atoms with van der Waals surface area (Å²) in [6.07, 6.45) is 2.14. The van der Waals surface area contributed by atoms with E-state index in [2.05, 4.69) is 0 Å². The van der Waals surface area contributed by atoms with Crippen LogP contribution < -0.4 is 0 Å². The number of ether oxygens (including phenoxy) is 1. The van der Waals surface area contributed by atoms with Crippen molar-refractivity contribution in [3.8, 4) is 0 Å². The fourth-order valence-electron chi connectivity index (χ4n) is 3.12. The van der Waals surface area contributed by atoms with Crippen LogP contribution in [0.1, 0.15) is 28.3 Å². The summed E-state index contributed by atoms with van der Waals surface area (Å²) in [7, 11) is 0. The van der Waals surface area contributed by atoms with E-state index >= 15 is 0 Å². The molecule has 0 spiro atoms. The number of carbonyl (C=O) groups is 1. The maximum Gasteiger partial charge on any atom is 0.290 e. The van der Waals surface area contributed by atoms with E-state index in [9.17, 15) is 4.79 Å². The predicted molar refractivity (Wildman–Crippen MR) is 99.3 cm³/mol. The van der Waals surface area contributed by atoms with E-state index in [0.717, 1.165) is 29.7 Å². The molecule has 1 aromatic carbocycles. The van der Waals surface area contributed by atoms with Gasteiger partial charge in [-0.2, -0.15) is 0 Å². The van der Waals surface area contributed by atoms with E-state index in [-0.39, 0.29) is 12.0 Å². The number of thiophene rings is 1. The molecule has 130 valence electrons. The topological polar surface area (TPSA) is 42.7 Å². The van der Waals surface area contributed by atoms with Gasteiger partial charge in [-0.25, -0.2) is 0 Å². The zero-order chi connectivity index (χ0) is 17.2. The molecule has 1 aliphatic rings. The Kier molecular flexibility index (Phi) is 4.79. The summed E-state index contributed by atoms with van der Waals surface area (Å²) in [6, 6.07) is 11.2. The summed E-state index contributed by atoms with van der Waals surface area (Å²) < 4.78 is 11.5. The molecular formula is C19H18ClNO3S. The summed E-state index contributed by atoms with van der Waals surface area (Å²) in [4.78, 5) is 16.0. The number of nitrogens with zero attached hydrogens (tertiary/aromatic N) is 1. The van der Waals surface area contributed by atoms with Gasteiger partial charge in [-0.1, -0.05) is 17.7 Å². The summed E-state index contributed by atoms with van der Waals surface area (Å²) in [6.45, 7) is 1.91. The van der Waals surface area contributed by atoms with E-state index in [1.165, 1.54) is 0 Å². The van der Waals surface area contributed by atoms with Crippen molar-refractivity contribution in [2.75, 3.05) is 13.2 Å². The normalized spacial score (nSPS) is 17.2. The van der Waals surface area contributed by atoms with Gasteiger partial charge in [0.25, 0.3) is 5.91 Å². The first-order valence-corrected chi connectivity index (χ1v) is 9.57. The molecule has 1 aliphatic heterocycles. The second kappa shape index (κ2) is 7.20. The highest BCUT2D eigenvalue weighted by atomic mass is 35.5. The van der Waals surface area contributed by atoms with Crippen LogP contribution in [0.4, 0.5) is 0 Å². The summed E-state index contributed by atoms with van der Waals surface area (Å²) >= 11 is 7.67. The van der Waals surface area contributed by atoms with Crippen LogP contribution in [-0.4, -0.2) is 30.1 Å². The number of hydrogen-bond acceptors (Lipinski definition) is 4. The second-order valence-electron chi connectivity index (χ2n) is 6.19. The van der Waals surface area contributed by atoms with Crippen LogP contribution in [0.25, 0.3) is 11.0 Å². The third kappa shape index (κ3) is 3.73. The van der Waals surface area contributed by atoms with Gasteiger partial charge in [0.15, 0.2) is 5.76 Å². The lowest BCUT2D eigenvalue weighted by molar-refractivity contribution is 0.0488. The van der Waals surface area contributed by atoms with Gasteiger partial charge in [0.1, 0.15) is 5.58 Å². The number of furan rings is 1. The highest BCUT2D eigenvalue weighted by molar-refractivity contribution is 7.09. The Morgan fingerprint density at radius 1 is 1.32 bits per heavy atom. The molecule has 0 aliphatic carbocycles. The fourth-order valence-corrected chi connectivity index (χ4v) is 4.02. The predicted octanol–water partition coefficient (Wildman–Crippen LogP) is 4.97. The van der Waals surface area contributed by atoms with Crippen LogP contribution in [0.15, 0.2) is 46.2 Å². The largest absolute Gasteiger partial charge is 0.451 e. The lowest BCUT2D eigenvalue weighted by Crippen LogP contribution is -2.36. The second-order valence-corrected chi connectivity index (χ2v) is 7.66. The molecule has 0 bridgehead atoms. The van der Waals surface area contributed by atoms with Crippen molar-refractivity contribution in [2.45, 2.75) is 25.5 Å². The molecule has 2 aromatic heterocycles. The standard InChI is InChI=1S/C19H18ClNO3S/c20-14-5-6-17-13(9-14)10-18(24-17)19(22)21(11-15-3-1-7-23-15)12-16-4-2-8-25-16/h2,4-6,8-10,15H,1,3,7,11-12H2. The number of benzene rings is 1. The fraction of sp³-hybridized carbons (Fsp3) is 0.316. The smallest absolute Gasteiger partial charge is 0.290 e. The number of carbonyl (C=O) groups excluding carboxylic acids is 1.